The van der Waals surface area contributed by atoms with Crippen LogP contribution in [0.1, 0.15) is 0 Å². The van der Waals surface area contributed by atoms with Crippen molar-refractivity contribution in [2.45, 2.75) is 11.1 Å². The van der Waals surface area contributed by atoms with Crippen molar-refractivity contribution in [3.63, 3.8) is 0 Å². The van der Waals surface area contributed by atoms with E-state index in [1.165, 1.54) is 0 Å². The maximum absolute atomic E-state index is 11.8. The van der Waals surface area contributed by atoms with Gasteiger partial charge in [-0.1, -0.05) is 0 Å². The molecule has 0 aliphatic heterocycles. The highest BCUT2D eigenvalue weighted by molar-refractivity contribution is 7.98. The van der Waals surface area contributed by atoms with Crippen LogP contribution in [0, 0.1) is 0 Å². The van der Waals surface area contributed by atoms with Crippen molar-refractivity contribution in [1.82, 2.24) is 5.32 Å². The van der Waals surface area contributed by atoms with Crippen LogP contribution >= 0.6 is 11.8 Å². The van der Waals surface area contributed by atoms with E-state index < -0.39 is 18.6 Å². The first-order valence-corrected chi connectivity index (χ1v) is 6.34. The summed E-state index contributed by atoms with van der Waals surface area (Å²) < 4.78 is 35.5. The topological polar surface area (TPSA) is 41.1 Å². The van der Waals surface area contributed by atoms with Gasteiger partial charge in [-0.2, -0.15) is 13.2 Å². The van der Waals surface area contributed by atoms with E-state index in [2.05, 4.69) is 5.32 Å². The van der Waals surface area contributed by atoms with Gasteiger partial charge in [-0.25, -0.2) is 0 Å². The molecule has 100 valence electrons. The minimum absolute atomic E-state index is 0.371. The zero-order valence-electron chi connectivity index (χ0n) is 9.67. The maximum Gasteiger partial charge on any atom is 0.401 e. The first kappa shape index (κ1) is 14.8. The van der Waals surface area contributed by atoms with Crippen LogP contribution in [-0.2, 0) is 4.79 Å². The summed E-state index contributed by atoms with van der Waals surface area (Å²) >= 11 is 1.56. The quantitative estimate of drug-likeness (QED) is 0.813. The van der Waals surface area contributed by atoms with Crippen LogP contribution in [0.3, 0.4) is 0 Å². The number of halogens is 3. The third-order valence-electron chi connectivity index (χ3n) is 1.98. The highest BCUT2D eigenvalue weighted by Crippen LogP contribution is 2.17. The molecule has 0 atom stereocenters. The van der Waals surface area contributed by atoms with Gasteiger partial charge in [0.15, 0.2) is 0 Å². The van der Waals surface area contributed by atoms with Crippen molar-refractivity contribution in [1.29, 1.82) is 0 Å². The molecule has 1 rings (SSSR count). The summed E-state index contributed by atoms with van der Waals surface area (Å²) in [4.78, 5) is 12.4. The van der Waals surface area contributed by atoms with E-state index in [1.807, 2.05) is 23.7 Å². The molecule has 18 heavy (non-hydrogen) atoms. The monoisotopic (exact) mass is 278 g/mol. The number of nitrogens with one attached hydrogen (secondary N) is 2. The lowest BCUT2D eigenvalue weighted by atomic mass is 10.3. The number of alkyl halides is 3. The number of thioether (sulfide) groups is 1. The van der Waals surface area contributed by atoms with Crippen molar-refractivity contribution in [3.8, 4) is 0 Å². The minimum atomic E-state index is -4.31. The van der Waals surface area contributed by atoms with Gasteiger partial charge in [0.1, 0.15) is 0 Å². The Balaban J connectivity index is 2.35. The number of hydrogen-bond donors (Lipinski definition) is 2. The van der Waals surface area contributed by atoms with Gasteiger partial charge in [0.2, 0.25) is 5.91 Å². The van der Waals surface area contributed by atoms with E-state index in [9.17, 15) is 18.0 Å². The van der Waals surface area contributed by atoms with Gasteiger partial charge in [0, 0.05) is 10.6 Å². The Morgan fingerprint density at radius 2 is 1.89 bits per heavy atom. The second-order valence-electron chi connectivity index (χ2n) is 3.50. The number of carbonyl (C=O) groups excluding carboxylic acids is 1. The van der Waals surface area contributed by atoms with Gasteiger partial charge in [-0.15, -0.1) is 11.8 Å². The summed E-state index contributed by atoms with van der Waals surface area (Å²) in [6.07, 6.45) is -2.38. The van der Waals surface area contributed by atoms with Gasteiger partial charge in [0.05, 0.1) is 13.1 Å². The molecule has 0 fully saturated rings. The lowest BCUT2D eigenvalue weighted by molar-refractivity contribution is -0.126. The molecule has 0 saturated heterocycles. The zero-order chi connectivity index (χ0) is 13.6. The number of rotatable bonds is 5. The van der Waals surface area contributed by atoms with E-state index in [4.69, 9.17) is 0 Å². The molecule has 0 aliphatic carbocycles. The average Bonchev–Trinajstić information content (AvgIpc) is 2.28. The molecular formula is C11H13F3N2OS. The Hall–Kier alpha value is -1.21. The average molecular weight is 278 g/mol. The standard InChI is InChI=1S/C11H13F3N2OS/c1-18-9-4-2-8(3-5-9)16-10(17)6-15-7-11(12,13)14/h2-5,15H,6-7H2,1H3,(H,16,17). The number of anilines is 1. The molecule has 2 N–H and O–H groups in total. The van der Waals surface area contributed by atoms with E-state index >= 15 is 0 Å². The molecule has 1 aromatic rings. The second-order valence-corrected chi connectivity index (χ2v) is 4.38. The van der Waals surface area contributed by atoms with Crippen molar-refractivity contribution in [3.05, 3.63) is 24.3 Å². The van der Waals surface area contributed by atoms with Crippen LogP contribution in [0.5, 0.6) is 0 Å². The Morgan fingerprint density at radius 3 is 2.39 bits per heavy atom. The van der Waals surface area contributed by atoms with Crippen molar-refractivity contribution in [2.24, 2.45) is 0 Å². The fourth-order valence-electron chi connectivity index (χ4n) is 1.20. The fourth-order valence-corrected chi connectivity index (χ4v) is 1.61. The number of carbonyl (C=O) groups is 1. The molecular weight excluding hydrogens is 265 g/mol. The minimum Gasteiger partial charge on any atom is -0.325 e. The summed E-state index contributed by atoms with van der Waals surface area (Å²) in [5, 5.41) is 4.53. The third-order valence-corrected chi connectivity index (χ3v) is 2.73. The van der Waals surface area contributed by atoms with Crippen LogP contribution in [0.4, 0.5) is 18.9 Å². The van der Waals surface area contributed by atoms with Gasteiger partial charge in [0.25, 0.3) is 0 Å². The van der Waals surface area contributed by atoms with E-state index in [0.29, 0.717) is 5.69 Å². The van der Waals surface area contributed by atoms with Gasteiger partial charge in [-0.05, 0) is 30.5 Å². The third kappa shape index (κ3) is 5.92. The Bertz CT molecular complexity index is 392. The first-order valence-electron chi connectivity index (χ1n) is 5.12. The normalized spacial score (nSPS) is 11.3. The highest BCUT2D eigenvalue weighted by Gasteiger charge is 2.26. The predicted octanol–water partition coefficient (Wildman–Crippen LogP) is 2.50. The van der Waals surface area contributed by atoms with Crippen LogP contribution in [0.2, 0.25) is 0 Å². The molecule has 1 amide bonds. The summed E-state index contributed by atoms with van der Waals surface area (Å²) in [7, 11) is 0. The van der Waals surface area contributed by atoms with E-state index in [1.54, 1.807) is 23.9 Å². The second kappa shape index (κ2) is 6.65. The molecule has 0 spiro atoms. The fraction of sp³-hybridized carbons (Fsp3) is 0.364. The summed E-state index contributed by atoms with van der Waals surface area (Å²) in [6, 6.07) is 7.05. The maximum atomic E-state index is 11.8. The molecule has 0 heterocycles. The summed E-state index contributed by atoms with van der Waals surface area (Å²) in [5.41, 5.74) is 0.562. The van der Waals surface area contributed by atoms with Gasteiger partial charge >= 0.3 is 6.18 Å². The van der Waals surface area contributed by atoms with Crippen LogP contribution < -0.4 is 10.6 Å². The molecule has 7 heteroatoms. The largest absolute Gasteiger partial charge is 0.401 e. The van der Waals surface area contributed by atoms with E-state index in [0.717, 1.165) is 4.90 Å². The molecule has 0 saturated carbocycles. The van der Waals surface area contributed by atoms with Crippen molar-refractivity contribution >= 4 is 23.4 Å². The predicted molar refractivity (Wildman–Crippen MR) is 65.8 cm³/mol. The zero-order valence-corrected chi connectivity index (χ0v) is 10.5. The number of hydrogen-bond acceptors (Lipinski definition) is 3. The molecule has 0 unspecified atom stereocenters. The molecule has 0 aromatic heterocycles. The van der Waals surface area contributed by atoms with Crippen LogP contribution in [0.15, 0.2) is 29.2 Å². The van der Waals surface area contributed by atoms with Crippen LogP contribution in [0.25, 0.3) is 0 Å². The molecule has 1 aromatic carbocycles. The SMILES string of the molecule is CSc1ccc(NC(=O)CNCC(F)(F)F)cc1. The highest BCUT2D eigenvalue weighted by atomic mass is 32.2. The summed E-state index contributed by atoms with van der Waals surface area (Å²) in [5.74, 6) is -0.504. The van der Waals surface area contributed by atoms with Gasteiger partial charge in [-0.3, -0.25) is 4.79 Å². The lowest BCUT2D eigenvalue weighted by Crippen LogP contribution is -2.35. The Labute approximate surface area is 107 Å². The Morgan fingerprint density at radius 1 is 1.28 bits per heavy atom. The number of benzene rings is 1. The van der Waals surface area contributed by atoms with Crippen molar-refractivity contribution < 1.29 is 18.0 Å². The summed E-state index contributed by atoms with van der Waals surface area (Å²) in [6.45, 7) is -1.55. The van der Waals surface area contributed by atoms with Crippen LogP contribution in [-0.4, -0.2) is 31.4 Å². The van der Waals surface area contributed by atoms with Gasteiger partial charge < -0.3 is 10.6 Å². The van der Waals surface area contributed by atoms with Crippen molar-refractivity contribution in [2.75, 3.05) is 24.7 Å². The molecule has 0 aliphatic rings. The first-order chi connectivity index (χ1) is 8.40. The number of amides is 1. The van der Waals surface area contributed by atoms with E-state index in [-0.39, 0.29) is 6.54 Å². The Kier molecular flexibility index (Phi) is 5.49. The molecule has 3 nitrogen and oxygen atoms in total. The smallest absolute Gasteiger partial charge is 0.325 e. The molecule has 0 bridgehead atoms. The molecule has 0 radical (unpaired) electrons. The lowest BCUT2D eigenvalue weighted by Gasteiger charge is -2.09.